The number of carbonyl (C=O) groups is 1. The topological polar surface area (TPSA) is 59.8 Å². The van der Waals surface area contributed by atoms with Crippen molar-refractivity contribution in [1.29, 1.82) is 0 Å². The van der Waals surface area contributed by atoms with Gasteiger partial charge in [0.25, 0.3) is 0 Å². The Morgan fingerprint density at radius 3 is 2.82 bits per heavy atom. The van der Waals surface area contributed by atoms with Crippen molar-refractivity contribution >= 4 is 11.7 Å². The maximum absolute atomic E-state index is 14.7. The number of allylic oxidation sites excluding steroid dienone is 2. The van der Waals surface area contributed by atoms with E-state index in [-0.39, 0.29) is 11.6 Å². The second kappa shape index (κ2) is 6.41. The zero-order chi connectivity index (χ0) is 19.3. The van der Waals surface area contributed by atoms with Gasteiger partial charge in [-0.25, -0.2) is 9.07 Å². The molecule has 5 rings (SSSR count). The number of benzene rings is 2. The summed E-state index contributed by atoms with van der Waals surface area (Å²) in [5.74, 6) is 0.788. The monoisotopic (exact) mass is 374 g/mol. The van der Waals surface area contributed by atoms with Gasteiger partial charge in [0.05, 0.1) is 0 Å². The van der Waals surface area contributed by atoms with Gasteiger partial charge < -0.3 is 5.32 Å². The molecule has 1 aliphatic carbocycles. The van der Waals surface area contributed by atoms with Crippen LogP contribution in [0.15, 0.2) is 59.8 Å². The maximum atomic E-state index is 14.7. The minimum absolute atomic E-state index is 0.0419. The summed E-state index contributed by atoms with van der Waals surface area (Å²) >= 11 is 0. The number of rotatable bonds is 2. The van der Waals surface area contributed by atoms with E-state index in [1.807, 2.05) is 31.2 Å². The van der Waals surface area contributed by atoms with Gasteiger partial charge >= 0.3 is 0 Å². The zero-order valence-corrected chi connectivity index (χ0v) is 15.4. The number of hydrogen-bond donors (Lipinski definition) is 1. The van der Waals surface area contributed by atoms with Crippen molar-refractivity contribution in [3.8, 4) is 11.4 Å². The lowest BCUT2D eigenvalue weighted by Gasteiger charge is -2.32. The van der Waals surface area contributed by atoms with Crippen LogP contribution in [0.3, 0.4) is 0 Å². The highest BCUT2D eigenvalue weighted by molar-refractivity contribution is 5.99. The molecule has 5 nitrogen and oxygen atoms in total. The molecule has 140 valence electrons. The Morgan fingerprint density at radius 2 is 2.00 bits per heavy atom. The lowest BCUT2D eigenvalue weighted by atomic mass is 9.85. The van der Waals surface area contributed by atoms with Crippen LogP contribution in [0.2, 0.25) is 0 Å². The van der Waals surface area contributed by atoms with Gasteiger partial charge in [-0.1, -0.05) is 42.0 Å². The van der Waals surface area contributed by atoms with Gasteiger partial charge in [-0.05, 0) is 31.9 Å². The summed E-state index contributed by atoms with van der Waals surface area (Å²) in [5.41, 5.74) is 3.87. The van der Waals surface area contributed by atoms with E-state index in [0.717, 1.165) is 29.7 Å². The molecule has 0 amide bonds. The molecule has 0 radical (unpaired) electrons. The Labute approximate surface area is 161 Å². The molecule has 0 spiro atoms. The van der Waals surface area contributed by atoms with Crippen LogP contribution in [0.25, 0.3) is 11.4 Å². The Morgan fingerprint density at radius 1 is 1.14 bits per heavy atom. The standard InChI is InChI=1S/C22H19FN4O/c1-13-6-4-7-14(12-13)21-25-22-24-17-10-5-11-18(28)19(17)20(27(22)26-21)15-8-2-3-9-16(15)23/h2-4,6-9,12,20H,5,10-11H2,1H3,(H,24,25,26). The van der Waals surface area contributed by atoms with Crippen molar-refractivity contribution in [2.75, 3.05) is 5.32 Å². The van der Waals surface area contributed by atoms with Crippen molar-refractivity contribution in [2.45, 2.75) is 32.2 Å². The van der Waals surface area contributed by atoms with Crippen LogP contribution >= 0.6 is 0 Å². The molecule has 1 unspecified atom stereocenters. The maximum Gasteiger partial charge on any atom is 0.226 e. The Balaban J connectivity index is 1.71. The second-order valence-corrected chi connectivity index (χ2v) is 7.29. The molecular formula is C22H19FN4O. The molecule has 1 N–H and O–H groups in total. The van der Waals surface area contributed by atoms with E-state index in [9.17, 15) is 9.18 Å². The summed E-state index contributed by atoms with van der Waals surface area (Å²) in [6.45, 7) is 2.01. The number of anilines is 1. The summed E-state index contributed by atoms with van der Waals surface area (Å²) in [5, 5.41) is 7.96. The molecule has 0 saturated heterocycles. The predicted octanol–water partition coefficient (Wildman–Crippen LogP) is 4.41. The van der Waals surface area contributed by atoms with Crippen molar-refractivity contribution in [2.24, 2.45) is 0 Å². The minimum atomic E-state index is -0.605. The average Bonchev–Trinajstić information content (AvgIpc) is 3.11. The number of hydrogen-bond acceptors (Lipinski definition) is 4. The van der Waals surface area contributed by atoms with Crippen LogP contribution in [-0.2, 0) is 4.79 Å². The number of carbonyl (C=O) groups excluding carboxylic acids is 1. The highest BCUT2D eigenvalue weighted by atomic mass is 19.1. The summed E-state index contributed by atoms with van der Waals surface area (Å²) in [6.07, 6.45) is 2.01. The van der Waals surface area contributed by atoms with Crippen molar-refractivity contribution in [3.63, 3.8) is 0 Å². The van der Waals surface area contributed by atoms with Gasteiger partial charge in [0.2, 0.25) is 5.95 Å². The average molecular weight is 374 g/mol. The van der Waals surface area contributed by atoms with Crippen molar-refractivity contribution < 1.29 is 9.18 Å². The van der Waals surface area contributed by atoms with Gasteiger partial charge in [0.1, 0.15) is 11.9 Å². The zero-order valence-electron chi connectivity index (χ0n) is 15.4. The molecule has 2 heterocycles. The normalized spacial score (nSPS) is 18.5. The summed E-state index contributed by atoms with van der Waals surface area (Å²) in [7, 11) is 0. The number of nitrogens with zero attached hydrogens (tertiary/aromatic N) is 3. The molecule has 2 aromatic carbocycles. The van der Waals surface area contributed by atoms with Gasteiger partial charge in [0.15, 0.2) is 11.6 Å². The number of aryl methyl sites for hydroxylation is 1. The van der Waals surface area contributed by atoms with Crippen LogP contribution in [-0.4, -0.2) is 20.5 Å². The third kappa shape index (κ3) is 2.64. The highest BCUT2D eigenvalue weighted by Crippen LogP contribution is 2.41. The van der Waals surface area contributed by atoms with E-state index in [1.165, 1.54) is 6.07 Å². The third-order valence-corrected chi connectivity index (χ3v) is 5.34. The number of Topliss-reactive ketones (excluding diaryl/α,β-unsaturated/α-hetero) is 1. The van der Waals surface area contributed by atoms with E-state index < -0.39 is 6.04 Å². The Bertz CT molecular complexity index is 1130. The number of fused-ring (bicyclic) bond motifs is 1. The largest absolute Gasteiger partial charge is 0.328 e. The smallest absolute Gasteiger partial charge is 0.226 e. The molecule has 1 atom stereocenters. The van der Waals surface area contributed by atoms with E-state index >= 15 is 0 Å². The fourth-order valence-electron chi connectivity index (χ4n) is 4.05. The molecule has 6 heteroatoms. The molecule has 1 aromatic heterocycles. The molecule has 0 fully saturated rings. The highest BCUT2D eigenvalue weighted by Gasteiger charge is 2.37. The first-order valence-electron chi connectivity index (χ1n) is 9.43. The summed E-state index contributed by atoms with van der Waals surface area (Å²) in [4.78, 5) is 17.4. The number of nitrogens with one attached hydrogen (secondary N) is 1. The quantitative estimate of drug-likeness (QED) is 0.722. The van der Waals surface area contributed by atoms with Crippen LogP contribution in [0.5, 0.6) is 0 Å². The molecule has 28 heavy (non-hydrogen) atoms. The van der Waals surface area contributed by atoms with Crippen LogP contribution in [0.1, 0.15) is 36.4 Å². The molecule has 1 aliphatic heterocycles. The van der Waals surface area contributed by atoms with E-state index in [2.05, 4.69) is 15.4 Å². The lowest BCUT2D eigenvalue weighted by Crippen LogP contribution is -2.32. The van der Waals surface area contributed by atoms with Crippen molar-refractivity contribution in [3.05, 3.63) is 76.7 Å². The number of ketones is 1. The van der Waals surface area contributed by atoms with Gasteiger partial charge in [0, 0.05) is 28.8 Å². The Hall–Kier alpha value is -3.28. The van der Waals surface area contributed by atoms with Gasteiger partial charge in [-0.15, -0.1) is 5.10 Å². The first kappa shape index (κ1) is 16.9. The number of halogens is 1. The molecule has 0 saturated carbocycles. The SMILES string of the molecule is Cc1cccc(-c2nc3n(n2)C(c2ccccc2F)C2=C(CCCC2=O)N3)c1. The van der Waals surface area contributed by atoms with Crippen LogP contribution in [0.4, 0.5) is 10.3 Å². The molecule has 2 aliphatic rings. The van der Waals surface area contributed by atoms with E-state index in [4.69, 9.17) is 0 Å². The lowest BCUT2D eigenvalue weighted by molar-refractivity contribution is -0.116. The first-order chi connectivity index (χ1) is 13.6. The second-order valence-electron chi connectivity index (χ2n) is 7.29. The minimum Gasteiger partial charge on any atom is -0.328 e. The van der Waals surface area contributed by atoms with Gasteiger partial charge in [-0.3, -0.25) is 4.79 Å². The fraction of sp³-hybridized carbons (Fsp3) is 0.227. The summed E-state index contributed by atoms with van der Waals surface area (Å²) in [6, 6.07) is 13.9. The van der Waals surface area contributed by atoms with E-state index in [0.29, 0.717) is 29.3 Å². The van der Waals surface area contributed by atoms with E-state index in [1.54, 1.807) is 22.9 Å². The van der Waals surface area contributed by atoms with Crippen LogP contribution < -0.4 is 5.32 Å². The van der Waals surface area contributed by atoms with Crippen LogP contribution in [0, 0.1) is 12.7 Å². The Kier molecular flexibility index (Phi) is 3.86. The fourth-order valence-corrected chi connectivity index (χ4v) is 4.05. The number of aromatic nitrogens is 3. The van der Waals surface area contributed by atoms with Gasteiger partial charge in [-0.2, -0.15) is 4.98 Å². The van der Waals surface area contributed by atoms with Crippen molar-refractivity contribution in [1.82, 2.24) is 14.8 Å². The summed E-state index contributed by atoms with van der Waals surface area (Å²) < 4.78 is 16.4. The molecule has 3 aromatic rings. The third-order valence-electron chi connectivity index (χ3n) is 5.34. The predicted molar refractivity (Wildman–Crippen MR) is 104 cm³/mol. The molecular weight excluding hydrogens is 355 g/mol. The first-order valence-corrected chi connectivity index (χ1v) is 9.43. The molecule has 0 bridgehead atoms.